The van der Waals surface area contributed by atoms with Gasteiger partial charge in [0.05, 0.1) is 23.6 Å². The lowest BCUT2D eigenvalue weighted by molar-refractivity contribution is -0.147. The van der Waals surface area contributed by atoms with Gasteiger partial charge in [-0.25, -0.2) is 9.69 Å². The molecule has 0 N–H and O–H groups in total. The fraction of sp³-hybridized carbons (Fsp3) is 0.467. The third-order valence-corrected chi connectivity index (χ3v) is 9.60. The molecule has 2 aromatic carbocycles. The summed E-state index contributed by atoms with van der Waals surface area (Å²) in [4.78, 5) is 61.8. The van der Waals surface area contributed by atoms with Crippen LogP contribution in [0.5, 0.6) is 0 Å². The van der Waals surface area contributed by atoms with Gasteiger partial charge in [0.25, 0.3) is 5.91 Å². The van der Waals surface area contributed by atoms with Crippen LogP contribution >= 0.6 is 27.5 Å². The molecule has 5 amide bonds. The van der Waals surface area contributed by atoms with E-state index >= 15 is 0 Å². The van der Waals surface area contributed by atoms with E-state index in [9.17, 15) is 19.2 Å². The second kappa shape index (κ2) is 9.73. The number of nitrogens with zero attached hydrogens (tertiary/aromatic N) is 3. The van der Waals surface area contributed by atoms with Crippen LogP contribution < -0.4 is 4.90 Å². The Kier molecular flexibility index (Phi) is 6.62. The lowest BCUT2D eigenvalue weighted by Gasteiger charge is -2.38. The van der Waals surface area contributed by atoms with Crippen molar-refractivity contribution in [2.75, 3.05) is 4.90 Å². The molecule has 3 heterocycles. The predicted molar refractivity (Wildman–Crippen MR) is 151 cm³/mol. The maximum Gasteiger partial charge on any atom is 0.332 e. The van der Waals surface area contributed by atoms with Crippen LogP contribution in [0.25, 0.3) is 0 Å². The van der Waals surface area contributed by atoms with Gasteiger partial charge in [0.15, 0.2) is 0 Å². The average molecular weight is 613 g/mol. The molecule has 1 aliphatic carbocycles. The lowest BCUT2D eigenvalue weighted by atomic mass is 9.74. The molecule has 0 aromatic heterocycles. The molecule has 204 valence electrons. The Morgan fingerprint density at radius 2 is 1.67 bits per heavy atom. The Hall–Kier alpha value is -2.71. The largest absolute Gasteiger partial charge is 0.332 e. The summed E-state index contributed by atoms with van der Waals surface area (Å²) in [5.74, 6) is -2.78. The highest BCUT2D eigenvalue weighted by molar-refractivity contribution is 9.10. The van der Waals surface area contributed by atoms with E-state index in [4.69, 9.17) is 11.6 Å². The van der Waals surface area contributed by atoms with Crippen LogP contribution in [0.1, 0.15) is 64.0 Å². The Balaban J connectivity index is 1.56. The second-order valence-corrected chi connectivity index (χ2v) is 13.0. The van der Waals surface area contributed by atoms with Crippen LogP contribution in [0.15, 0.2) is 53.0 Å². The number of hydrogen-bond acceptors (Lipinski definition) is 4. The normalized spacial score (nSPS) is 29.2. The first-order chi connectivity index (χ1) is 18.7. The van der Waals surface area contributed by atoms with Crippen LogP contribution in [0.2, 0.25) is 5.02 Å². The molecule has 0 bridgehead atoms. The number of carbonyl (C=O) groups is 4. The molecule has 1 saturated carbocycles. The van der Waals surface area contributed by atoms with Crippen molar-refractivity contribution < 1.29 is 19.2 Å². The topological polar surface area (TPSA) is 78.0 Å². The van der Waals surface area contributed by atoms with E-state index in [1.165, 1.54) is 9.80 Å². The maximum absolute atomic E-state index is 14.6. The number of urea groups is 1. The number of imide groups is 2. The zero-order valence-electron chi connectivity index (χ0n) is 22.0. The van der Waals surface area contributed by atoms with Gasteiger partial charge in [-0.3, -0.25) is 19.3 Å². The second-order valence-electron chi connectivity index (χ2n) is 11.6. The number of halogens is 2. The molecule has 39 heavy (non-hydrogen) atoms. The summed E-state index contributed by atoms with van der Waals surface area (Å²) in [6.07, 6.45) is 4.86. The van der Waals surface area contributed by atoms with E-state index in [-0.39, 0.29) is 30.2 Å². The zero-order chi connectivity index (χ0) is 27.6. The third kappa shape index (κ3) is 3.89. The molecule has 0 spiro atoms. The third-order valence-electron chi connectivity index (χ3n) is 8.86. The SMILES string of the molecule is CC(C)C[C@@]12C(=O)N(c3cccc(Br)c3)C(=O)N1C(c1ccc(Cl)cc1)C1C(=O)N(C3CCCCC3)C(=O)C12. The summed E-state index contributed by atoms with van der Waals surface area (Å²) in [7, 11) is 0. The maximum atomic E-state index is 14.6. The van der Waals surface area contributed by atoms with Crippen molar-refractivity contribution in [3.8, 4) is 0 Å². The molecule has 4 aliphatic rings. The highest BCUT2D eigenvalue weighted by Gasteiger charge is 2.77. The number of fused-ring (bicyclic) bond motifs is 3. The molecule has 4 fully saturated rings. The molecule has 0 radical (unpaired) electrons. The van der Waals surface area contributed by atoms with Crippen molar-refractivity contribution in [3.63, 3.8) is 0 Å². The number of benzene rings is 2. The first kappa shape index (κ1) is 26.5. The molecule has 6 rings (SSSR count). The molecule has 3 aliphatic heterocycles. The van der Waals surface area contributed by atoms with Gasteiger partial charge in [0.1, 0.15) is 5.54 Å². The molecule has 7 nitrogen and oxygen atoms in total. The summed E-state index contributed by atoms with van der Waals surface area (Å²) in [5, 5.41) is 0.527. The van der Waals surface area contributed by atoms with E-state index < -0.39 is 35.4 Å². The monoisotopic (exact) mass is 611 g/mol. The fourth-order valence-corrected chi connectivity index (χ4v) is 8.01. The lowest BCUT2D eigenvalue weighted by Crippen LogP contribution is -2.55. The van der Waals surface area contributed by atoms with Crippen molar-refractivity contribution in [2.45, 2.75) is 70.0 Å². The number of rotatable bonds is 5. The Labute approximate surface area is 241 Å². The van der Waals surface area contributed by atoms with E-state index in [1.54, 1.807) is 47.4 Å². The number of hydrogen-bond donors (Lipinski definition) is 0. The standard InChI is InChI=1S/C30H31BrClN3O4/c1-17(2)16-30-24-23(26(36)33(27(24)37)21-8-4-3-5-9-21)25(18-11-13-20(32)14-12-18)35(30)29(39)34(28(30)38)22-10-6-7-19(31)15-22/h6-7,10-15,17,21,23-25H,3-5,8-9,16H2,1-2H3/t23?,24?,25?,30-/m1/s1. The number of likely N-dealkylation sites (tertiary alicyclic amines) is 1. The van der Waals surface area contributed by atoms with E-state index in [0.717, 1.165) is 36.6 Å². The predicted octanol–water partition coefficient (Wildman–Crippen LogP) is 6.34. The van der Waals surface area contributed by atoms with Gasteiger partial charge in [-0.1, -0.05) is 78.8 Å². The Morgan fingerprint density at radius 1 is 0.974 bits per heavy atom. The molecule has 3 unspecified atom stereocenters. The van der Waals surface area contributed by atoms with Crippen LogP contribution in [0, 0.1) is 17.8 Å². The molecule has 2 aromatic rings. The van der Waals surface area contributed by atoms with Gasteiger partial charge in [-0.2, -0.15) is 0 Å². The van der Waals surface area contributed by atoms with Gasteiger partial charge >= 0.3 is 6.03 Å². The van der Waals surface area contributed by atoms with Gasteiger partial charge in [0, 0.05) is 15.5 Å². The minimum atomic E-state index is -1.46. The fourth-order valence-electron chi connectivity index (χ4n) is 7.50. The van der Waals surface area contributed by atoms with Crippen LogP contribution in [-0.2, 0) is 14.4 Å². The first-order valence-corrected chi connectivity index (χ1v) is 14.9. The zero-order valence-corrected chi connectivity index (χ0v) is 24.3. The summed E-state index contributed by atoms with van der Waals surface area (Å²) in [6, 6.07) is 12.7. The van der Waals surface area contributed by atoms with Gasteiger partial charge < -0.3 is 4.90 Å². The molecular weight excluding hydrogens is 582 g/mol. The van der Waals surface area contributed by atoms with E-state index in [1.807, 2.05) is 19.9 Å². The smallest absolute Gasteiger partial charge is 0.300 e. The molecular formula is C30H31BrClN3O4. The van der Waals surface area contributed by atoms with Crippen molar-refractivity contribution in [3.05, 3.63) is 63.6 Å². The van der Waals surface area contributed by atoms with E-state index in [0.29, 0.717) is 16.3 Å². The number of anilines is 1. The summed E-state index contributed by atoms with van der Waals surface area (Å²) < 4.78 is 0.730. The first-order valence-electron chi connectivity index (χ1n) is 13.7. The van der Waals surface area contributed by atoms with Crippen LogP contribution in [0.3, 0.4) is 0 Å². The average Bonchev–Trinajstić information content (AvgIpc) is 3.42. The van der Waals surface area contributed by atoms with Crippen molar-refractivity contribution in [2.24, 2.45) is 17.8 Å². The van der Waals surface area contributed by atoms with Crippen molar-refractivity contribution in [1.82, 2.24) is 9.80 Å². The van der Waals surface area contributed by atoms with Crippen LogP contribution in [0.4, 0.5) is 10.5 Å². The quantitative estimate of drug-likeness (QED) is 0.291. The summed E-state index contributed by atoms with van der Waals surface area (Å²) in [6.45, 7) is 3.97. The van der Waals surface area contributed by atoms with Gasteiger partial charge in [-0.05, 0) is 61.1 Å². The van der Waals surface area contributed by atoms with Gasteiger partial charge in [0.2, 0.25) is 11.8 Å². The Bertz CT molecular complexity index is 1360. The van der Waals surface area contributed by atoms with Crippen LogP contribution in [-0.4, -0.2) is 45.1 Å². The van der Waals surface area contributed by atoms with Crippen molar-refractivity contribution >= 4 is 57.0 Å². The summed E-state index contributed by atoms with van der Waals surface area (Å²) in [5.41, 5.74) is -0.327. The Morgan fingerprint density at radius 3 is 2.31 bits per heavy atom. The van der Waals surface area contributed by atoms with E-state index in [2.05, 4.69) is 15.9 Å². The highest BCUT2D eigenvalue weighted by Crippen LogP contribution is 2.61. The van der Waals surface area contributed by atoms with Gasteiger partial charge in [-0.15, -0.1) is 0 Å². The minimum absolute atomic E-state index is 0.0111. The molecule has 4 atom stereocenters. The molecule has 3 saturated heterocycles. The van der Waals surface area contributed by atoms with Crippen molar-refractivity contribution in [1.29, 1.82) is 0 Å². The summed E-state index contributed by atoms with van der Waals surface area (Å²) >= 11 is 9.66. The molecule has 9 heteroatoms. The highest BCUT2D eigenvalue weighted by atomic mass is 79.9. The number of amides is 5. The minimum Gasteiger partial charge on any atom is -0.300 e. The number of carbonyl (C=O) groups excluding carboxylic acids is 4.